The van der Waals surface area contributed by atoms with Gasteiger partial charge in [-0.15, -0.1) is 0 Å². The molecule has 0 saturated carbocycles. The number of esters is 2. The van der Waals surface area contributed by atoms with Gasteiger partial charge in [-0.25, -0.2) is 4.79 Å². The second kappa shape index (κ2) is 16.3. The van der Waals surface area contributed by atoms with Gasteiger partial charge in [-0.1, -0.05) is 69.4 Å². The summed E-state index contributed by atoms with van der Waals surface area (Å²) in [6.07, 6.45) is 8.77. The van der Waals surface area contributed by atoms with Crippen molar-refractivity contribution in [2.75, 3.05) is 26.3 Å². The average molecular weight is 489 g/mol. The average Bonchev–Trinajstić information content (AvgIpc) is 3.36. The summed E-state index contributed by atoms with van der Waals surface area (Å²) in [6, 6.07) is 8.60. The molecule has 1 fully saturated rings. The molecule has 0 aromatic heterocycles. The second-order valence-corrected chi connectivity index (χ2v) is 9.30. The molecule has 7 nitrogen and oxygen atoms in total. The minimum atomic E-state index is -0.497. The van der Waals surface area contributed by atoms with Crippen molar-refractivity contribution in [3.8, 4) is 0 Å². The normalized spacial score (nSPS) is 17.1. The number of unbranched alkanes of at least 4 members (excludes halogenated alkanes) is 5. The number of amides is 1. The quantitative estimate of drug-likeness (QED) is 0.270. The van der Waals surface area contributed by atoms with Crippen molar-refractivity contribution < 1.29 is 23.9 Å². The van der Waals surface area contributed by atoms with E-state index in [9.17, 15) is 14.4 Å². The zero-order valence-corrected chi connectivity index (χ0v) is 21.8. The number of hydrogen-bond donors (Lipinski definition) is 1. The third-order valence-electron chi connectivity index (χ3n) is 6.58. The molecule has 1 unspecified atom stereocenters. The highest BCUT2D eigenvalue weighted by molar-refractivity contribution is 5.88. The second-order valence-electron chi connectivity index (χ2n) is 9.30. The van der Waals surface area contributed by atoms with Crippen molar-refractivity contribution >= 4 is 17.8 Å². The first-order valence-corrected chi connectivity index (χ1v) is 13.4. The van der Waals surface area contributed by atoms with Gasteiger partial charge in [0.1, 0.15) is 6.04 Å². The van der Waals surface area contributed by atoms with E-state index >= 15 is 0 Å². The van der Waals surface area contributed by atoms with Crippen molar-refractivity contribution in [3.63, 3.8) is 0 Å². The van der Waals surface area contributed by atoms with Crippen LogP contribution in [-0.4, -0.2) is 61.1 Å². The molecule has 7 heteroatoms. The molecule has 0 spiro atoms. The Bertz CT molecular complexity index is 770. The van der Waals surface area contributed by atoms with Gasteiger partial charge in [0, 0.05) is 6.54 Å². The van der Waals surface area contributed by atoms with Crippen LogP contribution in [0.3, 0.4) is 0 Å². The van der Waals surface area contributed by atoms with Crippen LogP contribution >= 0.6 is 0 Å². The van der Waals surface area contributed by atoms with Crippen molar-refractivity contribution in [1.82, 2.24) is 10.2 Å². The van der Waals surface area contributed by atoms with Crippen molar-refractivity contribution in [3.05, 3.63) is 35.9 Å². The zero-order valence-electron chi connectivity index (χ0n) is 21.8. The van der Waals surface area contributed by atoms with E-state index in [0.29, 0.717) is 39.1 Å². The Morgan fingerprint density at radius 2 is 1.74 bits per heavy atom. The fraction of sp³-hybridized carbons (Fsp3) is 0.679. The lowest BCUT2D eigenvalue weighted by molar-refractivity contribution is -0.154. The van der Waals surface area contributed by atoms with E-state index in [1.165, 1.54) is 25.7 Å². The van der Waals surface area contributed by atoms with Gasteiger partial charge in [0.2, 0.25) is 5.91 Å². The number of carbonyl (C=O) groups excluding carboxylic acids is 3. The van der Waals surface area contributed by atoms with Gasteiger partial charge in [-0.05, 0) is 51.6 Å². The maximum Gasteiger partial charge on any atom is 0.328 e. The molecule has 1 aliphatic heterocycles. The van der Waals surface area contributed by atoms with Crippen LogP contribution in [0.5, 0.6) is 0 Å². The molecule has 196 valence electrons. The highest BCUT2D eigenvalue weighted by Crippen LogP contribution is 2.22. The molecule has 1 amide bonds. The first-order valence-electron chi connectivity index (χ1n) is 13.4. The van der Waals surface area contributed by atoms with Crippen LogP contribution in [0.2, 0.25) is 0 Å². The minimum Gasteiger partial charge on any atom is -0.466 e. The summed E-state index contributed by atoms with van der Waals surface area (Å²) >= 11 is 0. The molecular weight excluding hydrogens is 444 g/mol. The number of carbonyl (C=O) groups is 3. The molecule has 2 rings (SSSR count). The van der Waals surface area contributed by atoms with E-state index in [1.807, 2.05) is 30.3 Å². The summed E-state index contributed by atoms with van der Waals surface area (Å²) in [5.74, 6) is -1.03. The van der Waals surface area contributed by atoms with Crippen LogP contribution in [0.25, 0.3) is 0 Å². The highest BCUT2D eigenvalue weighted by atomic mass is 16.5. The molecule has 1 aliphatic rings. The molecule has 0 aliphatic carbocycles. The standard InChI is InChI=1S/C28H44N2O5/c1-4-6-7-8-9-13-21-35-28(33)25-17-14-20-30(25)26(31)22(3)29-19-18-24(27(32)34-5-2)23-15-11-10-12-16-23/h10-12,15-16,22,24-25,29H,4-9,13-14,17-21H2,1-3H3/t22-,24?,25-/m0/s1. The molecule has 1 aromatic carbocycles. The van der Waals surface area contributed by atoms with E-state index in [0.717, 1.165) is 24.8 Å². The van der Waals surface area contributed by atoms with Crippen molar-refractivity contribution in [1.29, 1.82) is 0 Å². The lowest BCUT2D eigenvalue weighted by Gasteiger charge is -2.27. The van der Waals surface area contributed by atoms with Crippen LogP contribution in [0, 0.1) is 0 Å². The Hall–Kier alpha value is -2.41. The Labute approximate surface area is 210 Å². The minimum absolute atomic E-state index is 0.101. The molecular formula is C28H44N2O5. The van der Waals surface area contributed by atoms with Crippen LogP contribution in [0.1, 0.15) is 90.0 Å². The Balaban J connectivity index is 1.80. The van der Waals surface area contributed by atoms with E-state index in [1.54, 1.807) is 18.7 Å². The van der Waals surface area contributed by atoms with E-state index < -0.39 is 12.1 Å². The number of nitrogens with one attached hydrogen (secondary N) is 1. The monoisotopic (exact) mass is 488 g/mol. The molecule has 1 saturated heterocycles. The number of nitrogens with zero attached hydrogens (tertiary/aromatic N) is 1. The fourth-order valence-electron chi connectivity index (χ4n) is 4.56. The number of rotatable bonds is 16. The number of benzene rings is 1. The summed E-state index contributed by atoms with van der Waals surface area (Å²) in [5, 5.41) is 3.24. The van der Waals surface area contributed by atoms with Gasteiger partial charge >= 0.3 is 11.9 Å². The lowest BCUT2D eigenvalue weighted by Crippen LogP contribution is -2.49. The van der Waals surface area contributed by atoms with Crippen LogP contribution in [0.4, 0.5) is 0 Å². The van der Waals surface area contributed by atoms with E-state index in [4.69, 9.17) is 9.47 Å². The van der Waals surface area contributed by atoms with E-state index in [2.05, 4.69) is 12.2 Å². The van der Waals surface area contributed by atoms with Gasteiger partial charge in [0.15, 0.2) is 0 Å². The third kappa shape index (κ3) is 9.63. The molecule has 35 heavy (non-hydrogen) atoms. The van der Waals surface area contributed by atoms with Crippen LogP contribution in [0.15, 0.2) is 30.3 Å². The molecule has 1 aromatic rings. The Morgan fingerprint density at radius 1 is 1.03 bits per heavy atom. The summed E-state index contributed by atoms with van der Waals surface area (Å²) < 4.78 is 10.8. The summed E-state index contributed by atoms with van der Waals surface area (Å²) in [6.45, 7) is 7.59. The smallest absolute Gasteiger partial charge is 0.328 e. The maximum absolute atomic E-state index is 13.1. The van der Waals surface area contributed by atoms with Gasteiger partial charge < -0.3 is 19.7 Å². The molecule has 0 radical (unpaired) electrons. The molecule has 3 atom stereocenters. The van der Waals surface area contributed by atoms with Gasteiger partial charge in [0.05, 0.1) is 25.2 Å². The summed E-state index contributed by atoms with van der Waals surface area (Å²) in [4.78, 5) is 39.8. The summed E-state index contributed by atoms with van der Waals surface area (Å²) in [5.41, 5.74) is 0.902. The number of hydrogen-bond acceptors (Lipinski definition) is 6. The Morgan fingerprint density at radius 3 is 2.46 bits per heavy atom. The fourth-order valence-corrected chi connectivity index (χ4v) is 4.56. The van der Waals surface area contributed by atoms with Crippen LogP contribution in [-0.2, 0) is 23.9 Å². The predicted octanol–water partition coefficient (Wildman–Crippen LogP) is 4.60. The molecule has 0 bridgehead atoms. The van der Waals surface area contributed by atoms with Crippen LogP contribution < -0.4 is 5.32 Å². The third-order valence-corrected chi connectivity index (χ3v) is 6.58. The molecule has 1 N–H and O–H groups in total. The topological polar surface area (TPSA) is 84.9 Å². The predicted molar refractivity (Wildman–Crippen MR) is 137 cm³/mol. The first kappa shape index (κ1) is 28.8. The lowest BCUT2D eigenvalue weighted by atomic mass is 9.95. The zero-order chi connectivity index (χ0) is 25.5. The van der Waals surface area contributed by atoms with E-state index in [-0.39, 0.29) is 23.8 Å². The van der Waals surface area contributed by atoms with Gasteiger partial charge in [0.25, 0.3) is 0 Å². The maximum atomic E-state index is 13.1. The van der Waals surface area contributed by atoms with Gasteiger partial charge in [-0.3, -0.25) is 9.59 Å². The van der Waals surface area contributed by atoms with Crippen molar-refractivity contribution in [2.24, 2.45) is 0 Å². The van der Waals surface area contributed by atoms with Crippen molar-refractivity contribution in [2.45, 2.75) is 96.6 Å². The summed E-state index contributed by atoms with van der Waals surface area (Å²) in [7, 11) is 0. The SMILES string of the molecule is CCCCCCCCOC(=O)[C@@H]1CCCN1C(=O)[C@H](C)NCCC(C(=O)OCC)c1ccccc1. The Kier molecular flexibility index (Phi) is 13.4. The number of likely N-dealkylation sites (tertiary alicyclic amines) is 1. The largest absolute Gasteiger partial charge is 0.466 e. The first-order chi connectivity index (χ1) is 17.0. The number of ether oxygens (including phenoxy) is 2. The highest BCUT2D eigenvalue weighted by Gasteiger charge is 2.37. The van der Waals surface area contributed by atoms with Gasteiger partial charge in [-0.2, -0.15) is 0 Å². The molecule has 1 heterocycles.